The van der Waals surface area contributed by atoms with Crippen LogP contribution in [0, 0.1) is 0 Å². The summed E-state index contributed by atoms with van der Waals surface area (Å²) in [5.41, 5.74) is 1.25. The van der Waals surface area contributed by atoms with Gasteiger partial charge in [0.1, 0.15) is 9.84 Å². The Kier molecular flexibility index (Phi) is 7.92. The molecule has 1 atom stereocenters. The van der Waals surface area contributed by atoms with Gasteiger partial charge in [-0.25, -0.2) is 8.42 Å². The van der Waals surface area contributed by atoms with Crippen LogP contribution in [-0.4, -0.2) is 32.5 Å². The van der Waals surface area contributed by atoms with Gasteiger partial charge in [0.05, 0.1) is 5.75 Å². The first kappa shape index (κ1) is 18.7. The highest BCUT2D eigenvalue weighted by molar-refractivity contribution is 9.10. The van der Waals surface area contributed by atoms with Gasteiger partial charge in [0.25, 0.3) is 0 Å². The molecule has 0 amide bonds. The minimum Gasteiger partial charge on any atom is -0.314 e. The Labute approximate surface area is 137 Å². The second-order valence-electron chi connectivity index (χ2n) is 5.66. The lowest BCUT2D eigenvalue weighted by Crippen LogP contribution is -2.28. The van der Waals surface area contributed by atoms with E-state index in [1.807, 2.05) is 18.2 Å². The van der Waals surface area contributed by atoms with Gasteiger partial charge in [0, 0.05) is 22.8 Å². The zero-order valence-electron chi connectivity index (χ0n) is 13.1. The minimum atomic E-state index is -2.87. The van der Waals surface area contributed by atoms with Gasteiger partial charge in [0.15, 0.2) is 0 Å². The second kappa shape index (κ2) is 8.91. The summed E-state index contributed by atoms with van der Waals surface area (Å²) in [6.45, 7) is 6.82. The third kappa shape index (κ3) is 6.94. The summed E-state index contributed by atoms with van der Waals surface area (Å²) in [4.78, 5) is 0. The van der Waals surface area contributed by atoms with E-state index in [0.717, 1.165) is 17.4 Å². The first-order chi connectivity index (χ1) is 9.85. The molecule has 1 aromatic rings. The van der Waals surface area contributed by atoms with Gasteiger partial charge in [-0.1, -0.05) is 54.9 Å². The molecule has 1 rings (SSSR count). The number of sulfone groups is 1. The van der Waals surface area contributed by atoms with Crippen LogP contribution in [0.4, 0.5) is 0 Å². The zero-order valence-corrected chi connectivity index (χ0v) is 15.5. The number of hydrogen-bond donors (Lipinski definition) is 1. The molecule has 1 N–H and O–H groups in total. The lowest BCUT2D eigenvalue weighted by atomic mass is 9.94. The predicted molar refractivity (Wildman–Crippen MR) is 93.6 cm³/mol. The molecule has 0 fully saturated rings. The zero-order chi connectivity index (χ0) is 15.9. The van der Waals surface area contributed by atoms with Crippen LogP contribution in [0.5, 0.6) is 0 Å². The number of rotatable bonds is 9. The van der Waals surface area contributed by atoms with Crippen molar-refractivity contribution in [3.8, 4) is 0 Å². The summed E-state index contributed by atoms with van der Waals surface area (Å²) in [7, 11) is -2.87. The molecule has 21 heavy (non-hydrogen) atoms. The van der Waals surface area contributed by atoms with Crippen molar-refractivity contribution < 1.29 is 8.42 Å². The molecule has 0 saturated carbocycles. The van der Waals surface area contributed by atoms with Crippen molar-refractivity contribution in [2.45, 2.75) is 45.6 Å². The lowest BCUT2D eigenvalue weighted by molar-refractivity contribution is 0.502. The van der Waals surface area contributed by atoms with E-state index < -0.39 is 9.84 Å². The highest BCUT2D eigenvalue weighted by Gasteiger charge is 2.16. The topological polar surface area (TPSA) is 46.2 Å². The molecule has 3 nitrogen and oxygen atoms in total. The maximum atomic E-state index is 11.6. The molecule has 0 spiro atoms. The normalized spacial score (nSPS) is 13.6. The number of halogens is 1. The number of benzene rings is 1. The van der Waals surface area contributed by atoms with E-state index in [-0.39, 0.29) is 11.5 Å². The van der Waals surface area contributed by atoms with Crippen LogP contribution < -0.4 is 5.32 Å². The van der Waals surface area contributed by atoms with E-state index in [1.165, 1.54) is 5.56 Å². The summed E-state index contributed by atoms with van der Waals surface area (Å²) >= 11 is 3.60. The standard InChI is InChI=1S/C16H26BrNO2S/c1-4-21(19,20)11-7-8-14(12-18-13(2)3)15-9-5-6-10-16(15)17/h5-6,9-10,13-14,18H,4,7-8,11-12H2,1-3H3. The van der Waals surface area contributed by atoms with Crippen molar-refractivity contribution >= 4 is 25.8 Å². The predicted octanol–water partition coefficient (Wildman–Crippen LogP) is 3.75. The summed E-state index contributed by atoms with van der Waals surface area (Å²) in [5.74, 6) is 0.846. The molecule has 0 aliphatic rings. The van der Waals surface area contributed by atoms with Crippen LogP contribution in [0.2, 0.25) is 0 Å². The van der Waals surface area contributed by atoms with Crippen LogP contribution >= 0.6 is 15.9 Å². The van der Waals surface area contributed by atoms with Crippen molar-refractivity contribution in [3.05, 3.63) is 34.3 Å². The largest absolute Gasteiger partial charge is 0.314 e. The molecule has 1 aromatic carbocycles. The highest BCUT2D eigenvalue weighted by atomic mass is 79.9. The molecular weight excluding hydrogens is 350 g/mol. The fraction of sp³-hybridized carbons (Fsp3) is 0.625. The molecule has 0 bridgehead atoms. The number of hydrogen-bond acceptors (Lipinski definition) is 3. The molecule has 0 heterocycles. The smallest absolute Gasteiger partial charge is 0.150 e. The average Bonchev–Trinajstić information content (AvgIpc) is 2.43. The van der Waals surface area contributed by atoms with E-state index in [9.17, 15) is 8.42 Å². The van der Waals surface area contributed by atoms with E-state index >= 15 is 0 Å². The Morgan fingerprint density at radius 2 is 1.90 bits per heavy atom. The van der Waals surface area contributed by atoms with Gasteiger partial charge in [-0.15, -0.1) is 0 Å². The van der Waals surface area contributed by atoms with E-state index in [4.69, 9.17) is 0 Å². The summed E-state index contributed by atoms with van der Waals surface area (Å²) in [6, 6.07) is 8.62. The fourth-order valence-electron chi connectivity index (χ4n) is 2.25. The first-order valence-corrected chi connectivity index (χ1v) is 10.2. The van der Waals surface area contributed by atoms with E-state index in [0.29, 0.717) is 18.4 Å². The minimum absolute atomic E-state index is 0.233. The molecule has 0 aliphatic carbocycles. The quantitative estimate of drug-likeness (QED) is 0.714. The number of nitrogens with one attached hydrogen (secondary N) is 1. The summed E-state index contributed by atoms with van der Waals surface area (Å²) in [6.07, 6.45) is 1.59. The summed E-state index contributed by atoms with van der Waals surface area (Å²) in [5, 5.41) is 3.46. The van der Waals surface area contributed by atoms with Crippen molar-refractivity contribution in [1.29, 1.82) is 0 Å². The molecule has 1 unspecified atom stereocenters. The van der Waals surface area contributed by atoms with Crippen LogP contribution in [0.3, 0.4) is 0 Å². The molecule has 0 aromatic heterocycles. The van der Waals surface area contributed by atoms with Gasteiger partial charge in [-0.2, -0.15) is 0 Å². The van der Waals surface area contributed by atoms with Crippen LogP contribution in [-0.2, 0) is 9.84 Å². The van der Waals surface area contributed by atoms with Gasteiger partial charge >= 0.3 is 0 Å². The maximum Gasteiger partial charge on any atom is 0.150 e. The molecule has 120 valence electrons. The average molecular weight is 376 g/mol. The molecule has 0 aliphatic heterocycles. The Bertz CT molecular complexity index is 529. The monoisotopic (exact) mass is 375 g/mol. The maximum absolute atomic E-state index is 11.6. The van der Waals surface area contributed by atoms with Gasteiger partial charge in [-0.3, -0.25) is 0 Å². The Morgan fingerprint density at radius 1 is 1.24 bits per heavy atom. The Morgan fingerprint density at radius 3 is 2.48 bits per heavy atom. The van der Waals surface area contributed by atoms with Crippen LogP contribution in [0.1, 0.15) is 45.1 Å². The Balaban J connectivity index is 2.72. The highest BCUT2D eigenvalue weighted by Crippen LogP contribution is 2.28. The summed E-state index contributed by atoms with van der Waals surface area (Å²) < 4.78 is 24.3. The fourth-order valence-corrected chi connectivity index (χ4v) is 3.75. The van der Waals surface area contributed by atoms with Crippen molar-refractivity contribution in [3.63, 3.8) is 0 Å². The Hall–Kier alpha value is -0.390. The third-order valence-electron chi connectivity index (χ3n) is 3.57. The molecule has 0 radical (unpaired) electrons. The van der Waals surface area contributed by atoms with Crippen LogP contribution in [0.15, 0.2) is 28.7 Å². The second-order valence-corrected chi connectivity index (χ2v) is 8.99. The SMILES string of the molecule is CCS(=O)(=O)CCCC(CNC(C)C)c1ccccc1Br. The van der Waals surface area contributed by atoms with Crippen molar-refractivity contribution in [1.82, 2.24) is 5.32 Å². The molecular formula is C16H26BrNO2S. The third-order valence-corrected chi connectivity index (χ3v) is 6.08. The van der Waals surface area contributed by atoms with E-state index in [2.05, 4.69) is 41.2 Å². The van der Waals surface area contributed by atoms with Gasteiger partial charge in [-0.05, 0) is 30.4 Å². The van der Waals surface area contributed by atoms with Crippen molar-refractivity contribution in [2.75, 3.05) is 18.1 Å². The van der Waals surface area contributed by atoms with Gasteiger partial charge < -0.3 is 5.32 Å². The van der Waals surface area contributed by atoms with Crippen molar-refractivity contribution in [2.24, 2.45) is 0 Å². The first-order valence-electron chi connectivity index (χ1n) is 7.54. The molecule has 0 saturated heterocycles. The van der Waals surface area contributed by atoms with E-state index in [1.54, 1.807) is 6.92 Å². The molecule has 5 heteroatoms. The van der Waals surface area contributed by atoms with Crippen LogP contribution in [0.25, 0.3) is 0 Å². The lowest BCUT2D eigenvalue weighted by Gasteiger charge is -2.21. The van der Waals surface area contributed by atoms with Gasteiger partial charge in [0.2, 0.25) is 0 Å².